The third kappa shape index (κ3) is 7.10. The standard InChI is InChI=1S/C25H23ClN4O6S/c1-15-22(25(32)36-12-11-35-2)23(16-3-5-17(26)6-4-16)20(13-27)24(28-15)37-14-21(31)29-18-7-9-19(10-8-18)30(33)34/h3-10,23,28H,11-12,14H2,1-2H3,(H,29,31)/t23-/m1/s1. The summed E-state index contributed by atoms with van der Waals surface area (Å²) in [4.78, 5) is 35.8. The Labute approximate surface area is 222 Å². The van der Waals surface area contributed by atoms with Crippen molar-refractivity contribution < 1.29 is 24.0 Å². The number of methoxy groups -OCH3 is 1. The van der Waals surface area contributed by atoms with Crippen molar-refractivity contribution in [3.63, 3.8) is 0 Å². The smallest absolute Gasteiger partial charge is 0.336 e. The van der Waals surface area contributed by atoms with Gasteiger partial charge in [-0.05, 0) is 36.8 Å². The van der Waals surface area contributed by atoms with E-state index in [1.165, 1.54) is 31.4 Å². The molecule has 0 aromatic heterocycles. The van der Waals surface area contributed by atoms with Crippen LogP contribution in [0.1, 0.15) is 18.4 Å². The third-order valence-electron chi connectivity index (χ3n) is 5.30. The number of allylic oxidation sites excluding steroid dienone is 2. The summed E-state index contributed by atoms with van der Waals surface area (Å²) in [6, 6.07) is 14.4. The molecule has 2 N–H and O–H groups in total. The number of carbonyl (C=O) groups is 2. The van der Waals surface area contributed by atoms with E-state index in [-0.39, 0.29) is 41.7 Å². The Kier molecular flexibility index (Phi) is 9.68. The van der Waals surface area contributed by atoms with Gasteiger partial charge in [0.15, 0.2) is 0 Å². The lowest BCUT2D eigenvalue weighted by Crippen LogP contribution is -2.29. The molecule has 0 aliphatic carbocycles. The molecule has 1 aliphatic heterocycles. The lowest BCUT2D eigenvalue weighted by atomic mass is 9.82. The normalized spacial score (nSPS) is 15.0. The Morgan fingerprint density at radius 2 is 1.86 bits per heavy atom. The van der Waals surface area contributed by atoms with Gasteiger partial charge in [0.2, 0.25) is 5.91 Å². The fourth-order valence-corrected chi connectivity index (χ4v) is 4.60. The summed E-state index contributed by atoms with van der Waals surface area (Å²) < 4.78 is 10.3. The van der Waals surface area contributed by atoms with E-state index in [0.717, 1.165) is 11.8 Å². The first kappa shape index (κ1) is 27.7. The monoisotopic (exact) mass is 542 g/mol. The van der Waals surface area contributed by atoms with Gasteiger partial charge in [0, 0.05) is 35.6 Å². The van der Waals surface area contributed by atoms with Gasteiger partial charge in [-0.2, -0.15) is 5.26 Å². The fourth-order valence-electron chi connectivity index (χ4n) is 3.58. The molecule has 2 aromatic carbocycles. The number of hydrogen-bond donors (Lipinski definition) is 2. The second-order valence-corrected chi connectivity index (χ2v) is 9.19. The van der Waals surface area contributed by atoms with Crippen LogP contribution in [-0.4, -0.2) is 42.9 Å². The number of non-ortho nitro benzene ring substituents is 1. The van der Waals surface area contributed by atoms with Crippen LogP contribution in [-0.2, 0) is 19.1 Å². The number of thioether (sulfide) groups is 1. The van der Waals surface area contributed by atoms with Crippen molar-refractivity contribution in [1.82, 2.24) is 5.32 Å². The lowest BCUT2D eigenvalue weighted by Gasteiger charge is -2.29. The van der Waals surface area contributed by atoms with Gasteiger partial charge < -0.3 is 20.1 Å². The molecule has 1 heterocycles. The number of nitriles is 1. The predicted octanol–water partition coefficient (Wildman–Crippen LogP) is 4.51. The molecule has 0 saturated carbocycles. The zero-order chi connectivity index (χ0) is 26.9. The highest BCUT2D eigenvalue weighted by molar-refractivity contribution is 8.03. The number of carbonyl (C=O) groups excluding carboxylic acids is 2. The maximum absolute atomic E-state index is 13.0. The first-order valence-electron chi connectivity index (χ1n) is 11.0. The molecule has 12 heteroatoms. The molecule has 0 spiro atoms. The number of nitrogens with zero attached hydrogens (tertiary/aromatic N) is 2. The van der Waals surface area contributed by atoms with E-state index in [4.69, 9.17) is 21.1 Å². The number of esters is 1. The predicted molar refractivity (Wildman–Crippen MR) is 140 cm³/mol. The molecule has 0 radical (unpaired) electrons. The molecule has 37 heavy (non-hydrogen) atoms. The molecule has 1 atom stereocenters. The molecular formula is C25H23ClN4O6S. The highest BCUT2D eigenvalue weighted by Crippen LogP contribution is 2.41. The minimum atomic E-state index is -0.737. The Morgan fingerprint density at radius 1 is 1.19 bits per heavy atom. The van der Waals surface area contributed by atoms with Crippen molar-refractivity contribution in [3.8, 4) is 6.07 Å². The van der Waals surface area contributed by atoms with Crippen molar-refractivity contribution in [2.75, 3.05) is 31.4 Å². The minimum Gasteiger partial charge on any atom is -0.460 e. The number of dihydropyridines is 1. The van der Waals surface area contributed by atoms with Crippen molar-refractivity contribution in [3.05, 3.63) is 91.1 Å². The highest BCUT2D eigenvalue weighted by atomic mass is 35.5. The molecule has 0 unspecified atom stereocenters. The molecular weight excluding hydrogens is 520 g/mol. The van der Waals surface area contributed by atoms with E-state index in [1.54, 1.807) is 31.2 Å². The number of nitro groups is 1. The molecule has 192 valence electrons. The van der Waals surface area contributed by atoms with Crippen LogP contribution >= 0.6 is 23.4 Å². The summed E-state index contributed by atoms with van der Waals surface area (Å²) in [6.45, 7) is 1.97. The van der Waals surface area contributed by atoms with Crippen molar-refractivity contribution in [2.24, 2.45) is 0 Å². The first-order chi connectivity index (χ1) is 17.7. The fraction of sp³-hybridized carbons (Fsp3) is 0.240. The summed E-state index contributed by atoms with van der Waals surface area (Å²) >= 11 is 7.15. The number of nitro benzene ring substituents is 1. The van der Waals surface area contributed by atoms with Crippen LogP contribution in [0.25, 0.3) is 0 Å². The summed E-state index contributed by atoms with van der Waals surface area (Å²) in [7, 11) is 1.49. The number of amides is 1. The van der Waals surface area contributed by atoms with E-state index >= 15 is 0 Å². The average molecular weight is 543 g/mol. The van der Waals surface area contributed by atoms with Gasteiger partial charge in [-0.25, -0.2) is 4.79 Å². The van der Waals surface area contributed by atoms with Gasteiger partial charge in [-0.1, -0.05) is 35.5 Å². The zero-order valence-corrected chi connectivity index (χ0v) is 21.5. The van der Waals surface area contributed by atoms with Gasteiger partial charge in [0.1, 0.15) is 6.61 Å². The molecule has 10 nitrogen and oxygen atoms in total. The maximum atomic E-state index is 13.0. The second-order valence-electron chi connectivity index (χ2n) is 7.77. The van der Waals surface area contributed by atoms with Crippen LogP contribution in [0, 0.1) is 21.4 Å². The van der Waals surface area contributed by atoms with Crippen LogP contribution in [0.4, 0.5) is 11.4 Å². The van der Waals surface area contributed by atoms with Crippen LogP contribution in [0.3, 0.4) is 0 Å². The van der Waals surface area contributed by atoms with Gasteiger partial charge in [-0.3, -0.25) is 14.9 Å². The third-order valence-corrected chi connectivity index (χ3v) is 6.57. The number of benzene rings is 2. The molecule has 0 fully saturated rings. The highest BCUT2D eigenvalue weighted by Gasteiger charge is 2.35. The number of ether oxygens (including phenoxy) is 2. The quantitative estimate of drug-likeness (QED) is 0.192. The Morgan fingerprint density at radius 3 is 2.46 bits per heavy atom. The van der Waals surface area contributed by atoms with Gasteiger partial charge >= 0.3 is 5.97 Å². The number of halogens is 1. The Balaban J connectivity index is 1.84. The Hall–Kier alpha value is -3.85. The molecule has 0 saturated heterocycles. The number of anilines is 1. The van der Waals surface area contributed by atoms with Crippen molar-refractivity contribution in [2.45, 2.75) is 12.8 Å². The number of rotatable bonds is 10. The van der Waals surface area contributed by atoms with E-state index < -0.39 is 16.8 Å². The van der Waals surface area contributed by atoms with Gasteiger partial charge in [0.05, 0.1) is 45.4 Å². The first-order valence-corrected chi connectivity index (χ1v) is 12.3. The summed E-state index contributed by atoms with van der Waals surface area (Å²) in [5.41, 5.74) is 1.98. The van der Waals surface area contributed by atoms with E-state index in [2.05, 4.69) is 16.7 Å². The summed E-state index contributed by atoms with van der Waals surface area (Å²) in [5, 5.41) is 27.6. The molecule has 2 aromatic rings. The lowest BCUT2D eigenvalue weighted by molar-refractivity contribution is -0.384. The minimum absolute atomic E-state index is 0.0511. The van der Waals surface area contributed by atoms with Crippen LogP contribution in [0.5, 0.6) is 0 Å². The second kappa shape index (κ2) is 12.9. The number of nitrogens with one attached hydrogen (secondary N) is 2. The molecule has 1 aliphatic rings. The average Bonchev–Trinajstić information content (AvgIpc) is 2.88. The topological polar surface area (TPSA) is 144 Å². The summed E-state index contributed by atoms with van der Waals surface area (Å²) in [6.07, 6.45) is 0. The molecule has 1 amide bonds. The maximum Gasteiger partial charge on any atom is 0.336 e. The summed E-state index contributed by atoms with van der Waals surface area (Å²) in [5.74, 6) is -1.76. The van der Waals surface area contributed by atoms with Gasteiger partial charge in [0.25, 0.3) is 5.69 Å². The largest absolute Gasteiger partial charge is 0.460 e. The molecule has 3 rings (SSSR count). The van der Waals surface area contributed by atoms with Crippen molar-refractivity contribution in [1.29, 1.82) is 5.26 Å². The molecule has 0 bridgehead atoms. The Bertz CT molecular complexity index is 1290. The van der Waals surface area contributed by atoms with Gasteiger partial charge in [-0.15, -0.1) is 0 Å². The zero-order valence-electron chi connectivity index (χ0n) is 19.9. The van der Waals surface area contributed by atoms with Crippen LogP contribution in [0.2, 0.25) is 5.02 Å². The van der Waals surface area contributed by atoms with Crippen LogP contribution < -0.4 is 10.6 Å². The van der Waals surface area contributed by atoms with E-state index in [9.17, 15) is 25.0 Å². The van der Waals surface area contributed by atoms with Crippen LogP contribution in [0.15, 0.2) is 70.4 Å². The SMILES string of the molecule is COCCOC(=O)C1=C(C)NC(SCC(=O)Nc2ccc([N+](=O)[O-])cc2)=C(C#N)[C@H]1c1ccc(Cl)cc1. The number of hydrogen-bond acceptors (Lipinski definition) is 9. The van der Waals surface area contributed by atoms with E-state index in [1.807, 2.05) is 0 Å². The van der Waals surface area contributed by atoms with E-state index in [0.29, 0.717) is 27.0 Å². The van der Waals surface area contributed by atoms with Crippen molar-refractivity contribution >= 4 is 46.6 Å².